The van der Waals surface area contributed by atoms with Crippen LogP contribution in [0.4, 0.5) is 0 Å². The third-order valence-corrected chi connectivity index (χ3v) is 14.2. The van der Waals surface area contributed by atoms with Crippen LogP contribution in [0.25, 0.3) is 10.9 Å². The van der Waals surface area contributed by atoms with Gasteiger partial charge < -0.3 is 43.6 Å². The molecule has 0 radical (unpaired) electrons. The van der Waals surface area contributed by atoms with E-state index in [9.17, 15) is 15.0 Å². The summed E-state index contributed by atoms with van der Waals surface area (Å²) in [5.41, 5.74) is 6.52. The highest BCUT2D eigenvalue weighted by Gasteiger charge is 2.56. The van der Waals surface area contributed by atoms with Crippen LogP contribution in [0.3, 0.4) is 0 Å². The van der Waals surface area contributed by atoms with Gasteiger partial charge in [0.15, 0.2) is 28.5 Å². The Morgan fingerprint density at radius 2 is 1.86 bits per heavy atom. The van der Waals surface area contributed by atoms with E-state index in [0.717, 1.165) is 68.6 Å². The summed E-state index contributed by atoms with van der Waals surface area (Å²) < 4.78 is 36.5. The van der Waals surface area contributed by atoms with Gasteiger partial charge in [-0.1, -0.05) is 6.07 Å². The Bertz CT molecular complexity index is 2290. The number of aromatic hydroxyl groups is 1. The minimum atomic E-state index is -1.25. The van der Waals surface area contributed by atoms with Crippen molar-refractivity contribution >= 4 is 34.6 Å². The molecule has 2 bridgehead atoms. The minimum absolute atomic E-state index is 0.00682. The van der Waals surface area contributed by atoms with Crippen molar-refractivity contribution < 1.29 is 48.2 Å². The molecule has 7 heterocycles. The zero-order valence-electron chi connectivity index (χ0n) is 33.0. The summed E-state index contributed by atoms with van der Waals surface area (Å²) in [6.45, 7) is 6.95. The second-order valence-electron chi connectivity index (χ2n) is 15.7. The maximum atomic E-state index is 15.3. The number of hydrogen-bond acceptors (Lipinski definition) is 13. The predicted molar refractivity (Wildman–Crippen MR) is 213 cm³/mol. The van der Waals surface area contributed by atoms with Gasteiger partial charge in [0, 0.05) is 76.8 Å². The molecule has 302 valence electrons. The summed E-state index contributed by atoms with van der Waals surface area (Å²) in [6.07, 6.45) is 3.16. The largest absolute Gasteiger partial charge is 0.504 e. The maximum absolute atomic E-state index is 15.3. The smallest absolute Gasteiger partial charge is 0.333 e. The van der Waals surface area contributed by atoms with Crippen LogP contribution in [0, 0.1) is 13.8 Å². The fourth-order valence-electron chi connectivity index (χ4n) is 10.2. The lowest BCUT2D eigenvalue weighted by Gasteiger charge is -2.52. The second kappa shape index (κ2) is 14.6. The monoisotopic (exact) mass is 799 g/mol. The molecular weight excluding hydrogens is 751 g/mol. The Morgan fingerprint density at radius 3 is 2.63 bits per heavy atom. The molecule has 0 saturated carbocycles. The number of aromatic nitrogens is 1. The van der Waals surface area contributed by atoms with Crippen molar-refractivity contribution in [2.75, 3.05) is 59.6 Å². The fourth-order valence-corrected chi connectivity index (χ4v) is 11.9. The molecule has 14 heteroatoms. The number of hydrogen-bond donors (Lipinski definition) is 3. The molecule has 6 aliphatic rings. The number of esters is 2. The summed E-state index contributed by atoms with van der Waals surface area (Å²) in [5.74, 6) is 2.29. The molecular formula is C43H49N3O10S. The number of methoxy groups -OCH3 is 2. The quantitative estimate of drug-likeness (QED) is 0.166. The Balaban J connectivity index is 1.28. The third-order valence-electron chi connectivity index (χ3n) is 12.7. The fraction of sp³-hybridized carbons (Fsp3) is 0.488. The number of benzene rings is 3. The standard InChI is InChI=1S/C43H49N3O10S/c1-22-16-25-8-6-13-46-31(18-28(25)35(49)36(22)52-5)40-34-33(39-38(54-21-55-39)23(2)37(34)56-24(3)48)32(46)19-53-42(50)43(20-57-40)41-27(11-14-45(43)12-7-15-47)29-17-26(51-4)9-10-30(29)44-41/h9-10,16-17,31-32,40,44,47,49H,6-8,11-15,18-21H2,1-5H3/t31?,32?,40?,43-/m1/s1. The molecule has 10 rings (SSSR count). The van der Waals surface area contributed by atoms with E-state index in [1.165, 1.54) is 6.92 Å². The summed E-state index contributed by atoms with van der Waals surface area (Å²) in [4.78, 5) is 36.5. The number of nitrogens with one attached hydrogen (secondary N) is 1. The van der Waals surface area contributed by atoms with E-state index < -0.39 is 17.6 Å². The van der Waals surface area contributed by atoms with E-state index in [-0.39, 0.29) is 48.8 Å². The van der Waals surface area contributed by atoms with Gasteiger partial charge in [0.25, 0.3) is 0 Å². The van der Waals surface area contributed by atoms with Crippen LogP contribution in [0.1, 0.15) is 75.7 Å². The van der Waals surface area contributed by atoms with Gasteiger partial charge in [-0.2, -0.15) is 0 Å². The second-order valence-corrected chi connectivity index (χ2v) is 16.8. The van der Waals surface area contributed by atoms with Crippen molar-refractivity contribution in [3.63, 3.8) is 0 Å². The van der Waals surface area contributed by atoms with Crippen molar-refractivity contribution in [3.8, 4) is 34.5 Å². The zero-order chi connectivity index (χ0) is 39.7. The number of carbonyl (C=O) groups excluding carboxylic acids is 2. The summed E-state index contributed by atoms with van der Waals surface area (Å²) in [7, 11) is 3.22. The number of aliphatic hydroxyl groups excluding tert-OH is 1. The molecule has 0 aliphatic carbocycles. The Hall–Kier alpha value is -4.63. The lowest BCUT2D eigenvalue weighted by Crippen LogP contribution is -2.60. The summed E-state index contributed by atoms with van der Waals surface area (Å²) in [6, 6.07) is 7.30. The Morgan fingerprint density at radius 1 is 1.04 bits per heavy atom. The number of nitrogens with zero attached hydrogens (tertiary/aromatic N) is 2. The molecule has 1 aromatic heterocycles. The van der Waals surface area contributed by atoms with Gasteiger partial charge in [0.2, 0.25) is 6.79 Å². The van der Waals surface area contributed by atoms with Crippen LogP contribution in [0.15, 0.2) is 24.3 Å². The molecule has 4 aromatic rings. The number of aryl methyl sites for hydroxylation is 2. The number of aromatic amines is 1. The molecule has 6 aliphatic heterocycles. The lowest BCUT2D eigenvalue weighted by molar-refractivity contribution is -0.162. The van der Waals surface area contributed by atoms with Gasteiger partial charge in [0.1, 0.15) is 18.1 Å². The van der Waals surface area contributed by atoms with Crippen molar-refractivity contribution in [2.45, 2.75) is 75.7 Å². The average molecular weight is 800 g/mol. The average Bonchev–Trinajstić information content (AvgIpc) is 3.83. The summed E-state index contributed by atoms with van der Waals surface area (Å²) in [5, 5.41) is 22.5. The highest BCUT2D eigenvalue weighted by molar-refractivity contribution is 7.99. The number of fused-ring (bicyclic) bond motifs is 8. The van der Waals surface area contributed by atoms with Crippen molar-refractivity contribution in [1.29, 1.82) is 0 Å². The number of thioether (sulfide) groups is 1. The minimum Gasteiger partial charge on any atom is -0.504 e. The Labute approximate surface area is 335 Å². The third kappa shape index (κ3) is 5.84. The molecule has 4 atom stereocenters. The van der Waals surface area contributed by atoms with Crippen LogP contribution in [-0.2, 0) is 39.1 Å². The van der Waals surface area contributed by atoms with E-state index in [2.05, 4.69) is 20.9 Å². The SMILES string of the molecule is COc1ccc2[nH]c3c(c2c1)CCN(CCCO)[C@]31CSC2c3c(OC(C)=O)c(C)c4c(c3C(COC1=O)N1CCCc3cc(C)c(OC)c(O)c3CC21)OCO4. The Kier molecular flexibility index (Phi) is 9.74. The van der Waals surface area contributed by atoms with Gasteiger partial charge in [-0.3, -0.25) is 14.6 Å². The molecule has 0 amide bonds. The van der Waals surface area contributed by atoms with Crippen LogP contribution in [-0.4, -0.2) is 103 Å². The van der Waals surface area contributed by atoms with Gasteiger partial charge in [-0.15, -0.1) is 11.8 Å². The summed E-state index contributed by atoms with van der Waals surface area (Å²) >= 11 is 1.63. The molecule has 1 saturated heterocycles. The molecule has 1 spiro atoms. The molecule has 1 fully saturated rings. The first-order chi connectivity index (χ1) is 27.6. The van der Waals surface area contributed by atoms with Crippen LogP contribution in [0.5, 0.6) is 34.5 Å². The van der Waals surface area contributed by atoms with E-state index in [1.807, 2.05) is 32.0 Å². The maximum Gasteiger partial charge on any atom is 0.333 e. The molecule has 57 heavy (non-hydrogen) atoms. The molecule has 13 nitrogen and oxygen atoms in total. The highest BCUT2D eigenvalue weighted by Crippen LogP contribution is 2.61. The zero-order valence-corrected chi connectivity index (χ0v) is 33.8. The molecule has 3 unspecified atom stereocenters. The first-order valence-electron chi connectivity index (χ1n) is 19.7. The number of phenols is 1. The van der Waals surface area contributed by atoms with Gasteiger partial charge in [-0.25, -0.2) is 4.79 Å². The van der Waals surface area contributed by atoms with Crippen molar-refractivity contribution in [3.05, 3.63) is 68.9 Å². The van der Waals surface area contributed by atoms with Gasteiger partial charge in [0.05, 0.1) is 26.0 Å². The van der Waals surface area contributed by atoms with Crippen molar-refractivity contribution in [2.24, 2.45) is 0 Å². The van der Waals surface area contributed by atoms with E-state index >= 15 is 4.79 Å². The number of phenolic OH excluding ortho intramolecular Hbond substituents is 1. The van der Waals surface area contributed by atoms with E-state index in [4.69, 9.17) is 28.4 Å². The number of carbonyl (C=O) groups is 2. The topological polar surface area (TPSA) is 152 Å². The van der Waals surface area contributed by atoms with E-state index in [1.54, 1.807) is 26.0 Å². The number of aliphatic hydroxyl groups is 1. The van der Waals surface area contributed by atoms with E-state index in [0.29, 0.717) is 67.5 Å². The van der Waals surface area contributed by atoms with Crippen LogP contribution < -0.4 is 23.7 Å². The van der Waals surface area contributed by atoms with Crippen LogP contribution >= 0.6 is 11.8 Å². The van der Waals surface area contributed by atoms with Crippen LogP contribution in [0.2, 0.25) is 0 Å². The number of H-pyrrole nitrogens is 1. The normalized spacial score (nSPS) is 24.2. The lowest BCUT2D eigenvalue weighted by atomic mass is 9.80. The highest BCUT2D eigenvalue weighted by atomic mass is 32.2. The van der Waals surface area contributed by atoms with Gasteiger partial charge in [-0.05, 0) is 87.4 Å². The number of ether oxygens (including phenoxy) is 6. The van der Waals surface area contributed by atoms with Crippen molar-refractivity contribution in [1.82, 2.24) is 14.8 Å². The molecule has 3 aromatic carbocycles. The van der Waals surface area contributed by atoms with Gasteiger partial charge >= 0.3 is 11.9 Å². The predicted octanol–water partition coefficient (Wildman–Crippen LogP) is 5.54. The number of rotatable bonds is 6. The first kappa shape index (κ1) is 37.9. The first-order valence-corrected chi connectivity index (χ1v) is 20.8. The molecule has 3 N–H and O–H groups in total.